The Bertz CT molecular complexity index is 498. The molecule has 0 aliphatic carbocycles. The third-order valence-corrected chi connectivity index (χ3v) is 4.15. The third kappa shape index (κ3) is 5.45. The Morgan fingerprint density at radius 3 is 2.67 bits per heavy atom. The Morgan fingerprint density at radius 2 is 2.10 bits per heavy atom. The van der Waals surface area contributed by atoms with Crippen molar-refractivity contribution < 1.29 is 24.5 Å². The van der Waals surface area contributed by atoms with Gasteiger partial charge in [0.05, 0.1) is 22.9 Å². The predicted octanol–water partition coefficient (Wildman–Crippen LogP) is 2.83. The maximum Gasteiger partial charge on any atom is 0.315 e. The van der Waals surface area contributed by atoms with Crippen LogP contribution >= 0.6 is 44.5 Å². The first-order chi connectivity index (χ1) is 9.90. The fraction of sp³-hybridized carbons (Fsp3) is 0.462. The first-order valence-electron chi connectivity index (χ1n) is 6.06. The van der Waals surface area contributed by atoms with Crippen LogP contribution in [-0.4, -0.2) is 41.8 Å². The van der Waals surface area contributed by atoms with Gasteiger partial charge in [-0.1, -0.05) is 15.9 Å². The summed E-state index contributed by atoms with van der Waals surface area (Å²) in [7, 11) is 1.44. The molecule has 0 aliphatic heterocycles. The van der Waals surface area contributed by atoms with Gasteiger partial charge in [0.2, 0.25) is 0 Å². The Balaban J connectivity index is 2.79. The number of carbonyl (C=O) groups is 1. The molecule has 0 saturated carbocycles. The van der Waals surface area contributed by atoms with Crippen molar-refractivity contribution in [2.75, 3.05) is 19.5 Å². The van der Waals surface area contributed by atoms with Gasteiger partial charge in [-0.15, -0.1) is 0 Å². The second-order valence-electron chi connectivity index (χ2n) is 4.21. The lowest BCUT2D eigenvalue weighted by atomic mass is 10.0. The quantitative estimate of drug-likeness (QED) is 0.446. The van der Waals surface area contributed by atoms with E-state index in [1.165, 1.54) is 7.11 Å². The molecule has 0 heterocycles. The molecular weight excluding hydrogens is 428 g/mol. The Morgan fingerprint density at radius 1 is 1.43 bits per heavy atom. The smallest absolute Gasteiger partial charge is 0.315 e. The molecule has 0 aliphatic rings. The van der Waals surface area contributed by atoms with Gasteiger partial charge in [0, 0.05) is 23.6 Å². The largest absolute Gasteiger partial charge is 0.506 e. The van der Waals surface area contributed by atoms with E-state index in [4.69, 9.17) is 9.47 Å². The van der Waals surface area contributed by atoms with Crippen molar-refractivity contribution in [3.63, 3.8) is 0 Å². The number of carbonyl (C=O) groups excluding carboxylic acids is 1. The maximum absolute atomic E-state index is 11.0. The van der Waals surface area contributed by atoms with Gasteiger partial charge in [-0.05, 0) is 28.1 Å². The van der Waals surface area contributed by atoms with Gasteiger partial charge in [0.1, 0.15) is 11.9 Å². The summed E-state index contributed by atoms with van der Waals surface area (Å²) in [5.41, 5.74) is 0.323. The lowest BCUT2D eigenvalue weighted by Gasteiger charge is -2.23. The first-order valence-corrected chi connectivity index (χ1v) is 8.27. The van der Waals surface area contributed by atoms with E-state index in [0.717, 1.165) is 0 Å². The normalized spacial score (nSPS) is 13.8. The number of thiol groups is 1. The molecule has 1 aromatic carbocycles. The van der Waals surface area contributed by atoms with E-state index in [0.29, 0.717) is 20.9 Å². The lowest BCUT2D eigenvalue weighted by Crippen LogP contribution is -2.24. The molecular formula is C13H16Br2O5S. The number of aromatic hydroxyl groups is 1. The van der Waals surface area contributed by atoms with E-state index < -0.39 is 18.2 Å². The van der Waals surface area contributed by atoms with Crippen molar-refractivity contribution in [2.45, 2.75) is 18.6 Å². The zero-order valence-electron chi connectivity index (χ0n) is 11.3. The van der Waals surface area contributed by atoms with E-state index in [1.54, 1.807) is 12.1 Å². The molecule has 8 heteroatoms. The maximum atomic E-state index is 11.0. The average molecular weight is 444 g/mol. The van der Waals surface area contributed by atoms with Crippen LogP contribution in [0.25, 0.3) is 0 Å². The minimum atomic E-state index is -1.06. The van der Waals surface area contributed by atoms with Crippen LogP contribution in [0.3, 0.4) is 0 Å². The fourth-order valence-corrected chi connectivity index (χ4v) is 3.10. The molecule has 0 spiro atoms. The molecule has 0 aromatic heterocycles. The van der Waals surface area contributed by atoms with Gasteiger partial charge in [-0.3, -0.25) is 4.79 Å². The fourth-order valence-electron chi connectivity index (χ4n) is 1.75. The highest BCUT2D eigenvalue weighted by molar-refractivity contribution is 9.11. The summed E-state index contributed by atoms with van der Waals surface area (Å²) in [6, 6.07) is 3.28. The van der Waals surface area contributed by atoms with Crippen LogP contribution in [0, 0.1) is 0 Å². The van der Waals surface area contributed by atoms with Crippen molar-refractivity contribution in [1.29, 1.82) is 0 Å². The summed E-state index contributed by atoms with van der Waals surface area (Å²) in [4.78, 5) is 11.0. The van der Waals surface area contributed by atoms with Gasteiger partial charge in [-0.25, -0.2) is 0 Å². The summed E-state index contributed by atoms with van der Waals surface area (Å²) < 4.78 is 11.3. The van der Waals surface area contributed by atoms with E-state index in [-0.39, 0.29) is 18.1 Å². The minimum absolute atomic E-state index is 0.000427. The van der Waals surface area contributed by atoms with E-state index >= 15 is 0 Å². The highest BCUT2D eigenvalue weighted by Gasteiger charge is 2.25. The molecule has 1 aromatic rings. The summed E-state index contributed by atoms with van der Waals surface area (Å²) in [5.74, 6) is -0.490. The van der Waals surface area contributed by atoms with E-state index in [9.17, 15) is 15.0 Å². The molecule has 0 radical (unpaired) electrons. The van der Waals surface area contributed by atoms with Crippen LogP contribution in [0.4, 0.5) is 0 Å². The minimum Gasteiger partial charge on any atom is -0.506 e. The van der Waals surface area contributed by atoms with Crippen LogP contribution in [0.5, 0.6) is 5.75 Å². The molecule has 0 amide bonds. The number of esters is 1. The number of rotatable bonds is 7. The number of phenols is 1. The number of phenolic OH excluding ortho intramolecular Hbond substituents is 1. The second kappa shape index (κ2) is 8.99. The molecule has 1 rings (SSSR count). The predicted molar refractivity (Wildman–Crippen MR) is 88.7 cm³/mol. The number of hydrogen-bond acceptors (Lipinski definition) is 6. The number of benzene rings is 1. The van der Waals surface area contributed by atoms with Gasteiger partial charge in [0.25, 0.3) is 0 Å². The Hall–Kier alpha value is -0.280. The van der Waals surface area contributed by atoms with Gasteiger partial charge in [-0.2, -0.15) is 12.6 Å². The lowest BCUT2D eigenvalue weighted by molar-refractivity contribution is -0.141. The van der Waals surface area contributed by atoms with Crippen molar-refractivity contribution in [3.05, 3.63) is 26.6 Å². The molecule has 2 atom stereocenters. The summed E-state index contributed by atoms with van der Waals surface area (Å²) in [5, 5.41) is 20.4. The van der Waals surface area contributed by atoms with Crippen molar-refractivity contribution >= 4 is 50.5 Å². The third-order valence-electron chi connectivity index (χ3n) is 2.83. The van der Waals surface area contributed by atoms with Gasteiger partial charge < -0.3 is 19.7 Å². The summed E-state index contributed by atoms with van der Waals surface area (Å²) in [6.07, 6.45) is -1.39. The van der Waals surface area contributed by atoms with Crippen LogP contribution in [0.2, 0.25) is 0 Å². The van der Waals surface area contributed by atoms with Crippen LogP contribution in [0.15, 0.2) is 21.1 Å². The number of methoxy groups -OCH3 is 1. The van der Waals surface area contributed by atoms with Crippen LogP contribution < -0.4 is 0 Å². The molecule has 2 N–H and O–H groups in total. The molecule has 21 heavy (non-hydrogen) atoms. The van der Waals surface area contributed by atoms with Gasteiger partial charge >= 0.3 is 5.97 Å². The Kier molecular flexibility index (Phi) is 8.04. The molecule has 0 fully saturated rings. The molecule has 0 unspecified atom stereocenters. The van der Waals surface area contributed by atoms with Crippen molar-refractivity contribution in [1.82, 2.24) is 0 Å². The zero-order chi connectivity index (χ0) is 16.0. The highest BCUT2D eigenvalue weighted by Crippen LogP contribution is 2.37. The van der Waals surface area contributed by atoms with E-state index in [2.05, 4.69) is 44.5 Å². The van der Waals surface area contributed by atoms with Crippen LogP contribution in [-0.2, 0) is 14.3 Å². The monoisotopic (exact) mass is 442 g/mol. The first kappa shape index (κ1) is 18.8. The number of aliphatic hydroxyl groups excluding tert-OH is 1. The van der Waals surface area contributed by atoms with Crippen molar-refractivity contribution in [3.8, 4) is 5.75 Å². The number of ether oxygens (including phenoxy) is 2. The highest BCUT2D eigenvalue weighted by atomic mass is 79.9. The average Bonchev–Trinajstić information content (AvgIpc) is 2.46. The van der Waals surface area contributed by atoms with Crippen molar-refractivity contribution in [2.24, 2.45) is 0 Å². The molecule has 0 saturated heterocycles. The van der Waals surface area contributed by atoms with E-state index in [1.807, 2.05) is 0 Å². The van der Waals surface area contributed by atoms with Crippen LogP contribution in [0.1, 0.15) is 18.1 Å². The molecule has 118 valence electrons. The standard InChI is InChI=1S/C13H16Br2O5S/c1-19-10(2-3-20-11(16)6-21)13(18)8-4-7(14)5-9(15)12(8)17/h4-5,10,13,17-18,21H,2-3,6H2,1H3/t10-,13-/m0/s1. The van der Waals surface area contributed by atoms with Gasteiger partial charge in [0.15, 0.2) is 0 Å². The zero-order valence-corrected chi connectivity index (χ0v) is 15.3. The molecule has 0 bridgehead atoms. The molecule has 5 nitrogen and oxygen atoms in total. The topological polar surface area (TPSA) is 76.0 Å². The Labute approximate surface area is 145 Å². The number of hydrogen-bond donors (Lipinski definition) is 3. The second-order valence-corrected chi connectivity index (χ2v) is 6.30. The SMILES string of the molecule is CO[C@@H](CCOC(=O)CS)[C@@H](O)c1cc(Br)cc(Br)c1O. The summed E-state index contributed by atoms with van der Waals surface area (Å²) >= 11 is 10.3. The summed E-state index contributed by atoms with van der Waals surface area (Å²) in [6.45, 7) is 0.102. The number of aliphatic hydroxyl groups is 1. The number of halogens is 2.